The summed E-state index contributed by atoms with van der Waals surface area (Å²) in [5, 5.41) is 21.3. The van der Waals surface area contributed by atoms with Gasteiger partial charge in [-0.15, -0.1) is 0 Å². The molecule has 1 rings (SSSR count). The maximum Gasteiger partial charge on any atom is 0.343 e. The van der Waals surface area contributed by atoms with Gasteiger partial charge >= 0.3 is 5.97 Å². The van der Waals surface area contributed by atoms with Gasteiger partial charge in [0.2, 0.25) is 0 Å². The van der Waals surface area contributed by atoms with Crippen LogP contribution in [0.1, 0.15) is 18.9 Å². The van der Waals surface area contributed by atoms with Crippen LogP contribution in [0.4, 0.5) is 5.69 Å². The van der Waals surface area contributed by atoms with Crippen LogP contribution in [0.2, 0.25) is 0 Å². The van der Waals surface area contributed by atoms with E-state index in [2.05, 4.69) is 0 Å². The van der Waals surface area contributed by atoms with E-state index in [9.17, 15) is 24.8 Å². The maximum absolute atomic E-state index is 12.1. The highest BCUT2D eigenvalue weighted by molar-refractivity contribution is 7.99. The van der Waals surface area contributed by atoms with Crippen molar-refractivity contribution in [3.05, 3.63) is 39.9 Å². The van der Waals surface area contributed by atoms with Crippen LogP contribution < -0.4 is 0 Å². The van der Waals surface area contributed by atoms with E-state index in [0.717, 1.165) is 0 Å². The summed E-state index contributed by atoms with van der Waals surface area (Å²) in [6.45, 7) is 1.63. The SMILES string of the molecule is CCOC(=O)[C@](O)(CC(=O)CSC)c1ccc([N+](=O)[O-])cc1. The Hall–Kier alpha value is -1.93. The van der Waals surface area contributed by atoms with Gasteiger partial charge in [0.05, 0.1) is 23.7 Å². The fourth-order valence-electron chi connectivity index (χ4n) is 1.90. The molecule has 0 spiro atoms. The van der Waals surface area contributed by atoms with Crippen LogP contribution >= 0.6 is 11.8 Å². The lowest BCUT2D eigenvalue weighted by molar-refractivity contribution is -0.384. The number of ether oxygens (including phenoxy) is 1. The fraction of sp³-hybridized carbons (Fsp3) is 0.429. The predicted octanol–water partition coefficient (Wildman–Crippen LogP) is 1.67. The average Bonchev–Trinajstić information content (AvgIpc) is 2.47. The summed E-state index contributed by atoms with van der Waals surface area (Å²) in [5.74, 6) is -1.12. The van der Waals surface area contributed by atoms with Crippen molar-refractivity contribution in [1.82, 2.24) is 0 Å². The van der Waals surface area contributed by atoms with Gasteiger partial charge in [-0.2, -0.15) is 11.8 Å². The number of carbonyl (C=O) groups is 2. The molecule has 0 aliphatic carbocycles. The van der Waals surface area contributed by atoms with E-state index in [1.807, 2.05) is 0 Å². The van der Waals surface area contributed by atoms with Crippen LogP contribution in [-0.2, 0) is 19.9 Å². The van der Waals surface area contributed by atoms with Gasteiger partial charge in [-0.1, -0.05) is 0 Å². The van der Waals surface area contributed by atoms with Crippen LogP contribution in [0.3, 0.4) is 0 Å². The number of nitro benzene ring substituents is 1. The summed E-state index contributed by atoms with van der Waals surface area (Å²) < 4.78 is 4.84. The van der Waals surface area contributed by atoms with Crippen molar-refractivity contribution in [2.24, 2.45) is 0 Å². The van der Waals surface area contributed by atoms with E-state index in [4.69, 9.17) is 4.74 Å². The summed E-state index contributed by atoms with van der Waals surface area (Å²) in [5.41, 5.74) is -2.23. The summed E-state index contributed by atoms with van der Waals surface area (Å²) in [6.07, 6.45) is 1.29. The summed E-state index contributed by atoms with van der Waals surface area (Å²) in [4.78, 5) is 33.9. The van der Waals surface area contributed by atoms with E-state index < -0.39 is 22.9 Å². The van der Waals surface area contributed by atoms with Gasteiger partial charge in [-0.25, -0.2) is 4.79 Å². The number of non-ortho nitro benzene ring substituents is 1. The third-order valence-electron chi connectivity index (χ3n) is 2.93. The zero-order chi connectivity index (χ0) is 16.8. The molecule has 120 valence electrons. The number of nitrogens with zero attached hydrogens (tertiary/aromatic N) is 1. The van der Waals surface area contributed by atoms with Gasteiger partial charge in [0.25, 0.3) is 5.69 Å². The molecule has 0 radical (unpaired) electrons. The van der Waals surface area contributed by atoms with Crippen LogP contribution in [0, 0.1) is 10.1 Å². The van der Waals surface area contributed by atoms with Crippen molar-refractivity contribution in [3.8, 4) is 0 Å². The summed E-state index contributed by atoms with van der Waals surface area (Å²) >= 11 is 1.27. The Kier molecular flexibility index (Phi) is 6.51. The van der Waals surface area contributed by atoms with Gasteiger partial charge in [0.1, 0.15) is 5.78 Å². The number of benzene rings is 1. The minimum atomic E-state index is -2.14. The van der Waals surface area contributed by atoms with E-state index in [1.165, 1.54) is 36.0 Å². The molecule has 1 atom stereocenters. The van der Waals surface area contributed by atoms with E-state index in [1.54, 1.807) is 13.2 Å². The molecule has 8 heteroatoms. The molecular weight excluding hydrogens is 310 g/mol. The van der Waals surface area contributed by atoms with E-state index >= 15 is 0 Å². The first-order valence-corrected chi connectivity index (χ1v) is 7.89. The molecule has 0 aliphatic heterocycles. The second kappa shape index (κ2) is 7.90. The van der Waals surface area contributed by atoms with Crippen molar-refractivity contribution >= 4 is 29.2 Å². The number of rotatable bonds is 8. The maximum atomic E-state index is 12.1. The lowest BCUT2D eigenvalue weighted by atomic mass is 9.88. The Morgan fingerprint density at radius 3 is 2.41 bits per heavy atom. The lowest BCUT2D eigenvalue weighted by Crippen LogP contribution is -2.40. The molecule has 0 fully saturated rings. The zero-order valence-corrected chi connectivity index (χ0v) is 13.1. The second-order valence-electron chi connectivity index (χ2n) is 4.53. The number of esters is 1. The number of carbonyl (C=O) groups excluding carboxylic acids is 2. The number of Topliss-reactive ketones (excluding diaryl/α,β-unsaturated/α-hetero) is 1. The van der Waals surface area contributed by atoms with Gasteiger partial charge in [0, 0.05) is 12.1 Å². The van der Waals surface area contributed by atoms with Crippen molar-refractivity contribution in [1.29, 1.82) is 0 Å². The molecule has 0 saturated carbocycles. The first-order chi connectivity index (χ1) is 10.3. The largest absolute Gasteiger partial charge is 0.464 e. The molecule has 1 aromatic carbocycles. The lowest BCUT2D eigenvalue weighted by Gasteiger charge is -2.25. The smallest absolute Gasteiger partial charge is 0.343 e. The van der Waals surface area contributed by atoms with Crippen LogP contribution in [0.15, 0.2) is 24.3 Å². The number of hydrogen-bond donors (Lipinski definition) is 1. The monoisotopic (exact) mass is 327 g/mol. The average molecular weight is 327 g/mol. The van der Waals surface area contributed by atoms with Crippen LogP contribution in [-0.4, -0.2) is 40.4 Å². The standard InChI is InChI=1S/C14H17NO6S/c1-3-21-13(17)14(18,8-12(16)9-22-2)10-4-6-11(7-5-10)15(19)20/h4-7,18H,3,8-9H2,1-2H3/t14-/m0/s1. The molecule has 0 unspecified atom stereocenters. The minimum Gasteiger partial charge on any atom is -0.464 e. The van der Waals surface area contributed by atoms with Crippen LogP contribution in [0.5, 0.6) is 0 Å². The highest BCUT2D eigenvalue weighted by Crippen LogP contribution is 2.29. The Labute approximate surface area is 131 Å². The van der Waals surface area contributed by atoms with Crippen molar-refractivity contribution in [2.45, 2.75) is 18.9 Å². The van der Waals surface area contributed by atoms with E-state index in [0.29, 0.717) is 0 Å². The number of thioether (sulfide) groups is 1. The quantitative estimate of drug-likeness (QED) is 0.439. The van der Waals surface area contributed by atoms with Crippen molar-refractivity contribution < 1.29 is 24.4 Å². The highest BCUT2D eigenvalue weighted by atomic mass is 32.2. The first-order valence-electron chi connectivity index (χ1n) is 6.50. The Bertz CT molecular complexity index is 559. The minimum absolute atomic E-state index is 0.0465. The first kappa shape index (κ1) is 18.1. The van der Waals surface area contributed by atoms with Gasteiger partial charge in [-0.3, -0.25) is 14.9 Å². The Balaban J connectivity index is 3.15. The highest BCUT2D eigenvalue weighted by Gasteiger charge is 2.41. The Morgan fingerprint density at radius 2 is 1.95 bits per heavy atom. The molecule has 0 aromatic heterocycles. The molecule has 22 heavy (non-hydrogen) atoms. The van der Waals surface area contributed by atoms with Crippen LogP contribution in [0.25, 0.3) is 0 Å². The number of hydrogen-bond acceptors (Lipinski definition) is 7. The molecule has 0 amide bonds. The van der Waals surface area contributed by atoms with Gasteiger partial charge in [0.15, 0.2) is 5.60 Å². The molecule has 0 bridgehead atoms. The summed E-state index contributed by atoms with van der Waals surface area (Å²) in [6, 6.07) is 4.83. The molecule has 1 N–H and O–H groups in total. The molecule has 0 saturated heterocycles. The molecule has 0 aliphatic rings. The number of ketones is 1. The third kappa shape index (κ3) is 4.28. The molecule has 1 aromatic rings. The molecule has 7 nitrogen and oxygen atoms in total. The predicted molar refractivity (Wildman–Crippen MR) is 81.6 cm³/mol. The number of nitro groups is 1. The second-order valence-corrected chi connectivity index (χ2v) is 5.40. The third-order valence-corrected chi connectivity index (χ3v) is 3.54. The van der Waals surface area contributed by atoms with Crippen molar-refractivity contribution in [2.75, 3.05) is 18.6 Å². The number of aliphatic hydroxyl groups is 1. The van der Waals surface area contributed by atoms with Gasteiger partial charge < -0.3 is 9.84 Å². The van der Waals surface area contributed by atoms with Gasteiger partial charge in [-0.05, 0) is 30.9 Å². The molecular formula is C14H17NO6S. The normalized spacial score (nSPS) is 13.2. The van der Waals surface area contributed by atoms with E-state index in [-0.39, 0.29) is 29.4 Å². The molecule has 0 heterocycles. The summed E-state index contributed by atoms with van der Waals surface area (Å²) in [7, 11) is 0. The topological polar surface area (TPSA) is 107 Å². The Morgan fingerprint density at radius 1 is 1.36 bits per heavy atom. The zero-order valence-electron chi connectivity index (χ0n) is 12.3. The fourth-order valence-corrected chi connectivity index (χ4v) is 2.32. The van der Waals surface area contributed by atoms with Crippen molar-refractivity contribution in [3.63, 3.8) is 0 Å².